The Labute approximate surface area is 120 Å². The molecule has 1 aliphatic rings. The average molecular weight is 270 g/mol. The fourth-order valence-corrected chi connectivity index (χ4v) is 2.81. The van der Waals surface area contributed by atoms with Crippen LogP contribution >= 0.6 is 0 Å². The van der Waals surface area contributed by atoms with Crippen LogP contribution in [0.3, 0.4) is 0 Å². The molecular formula is C16H22N4. The van der Waals surface area contributed by atoms with Gasteiger partial charge in [0.2, 0.25) is 0 Å². The first-order chi connectivity index (χ1) is 9.92. The molecule has 4 nitrogen and oxygen atoms in total. The first-order valence-corrected chi connectivity index (χ1v) is 7.42. The molecule has 1 fully saturated rings. The molecule has 2 aromatic rings. The Bertz CT molecular complexity index is 486. The van der Waals surface area contributed by atoms with Crippen molar-refractivity contribution in [2.45, 2.75) is 25.3 Å². The van der Waals surface area contributed by atoms with Crippen LogP contribution in [0.15, 0.2) is 42.9 Å². The molecule has 0 saturated carbocycles. The third-order valence-electron chi connectivity index (χ3n) is 4.00. The van der Waals surface area contributed by atoms with E-state index in [1.807, 2.05) is 6.20 Å². The highest BCUT2D eigenvalue weighted by Gasteiger charge is 2.18. The summed E-state index contributed by atoms with van der Waals surface area (Å²) in [6, 6.07) is 11.4. The van der Waals surface area contributed by atoms with E-state index < -0.39 is 0 Å². The molecule has 0 amide bonds. The van der Waals surface area contributed by atoms with Crippen molar-refractivity contribution in [2.24, 2.45) is 0 Å². The predicted octanol–water partition coefficient (Wildman–Crippen LogP) is 2.21. The Morgan fingerprint density at radius 3 is 2.70 bits per heavy atom. The molecule has 1 aromatic carbocycles. The molecule has 1 saturated heterocycles. The van der Waals surface area contributed by atoms with Gasteiger partial charge in [0.05, 0.1) is 6.33 Å². The Balaban J connectivity index is 1.40. The number of hydrogen-bond donors (Lipinski definition) is 2. The zero-order valence-electron chi connectivity index (χ0n) is 11.8. The first kappa shape index (κ1) is 13.2. The second kappa shape index (κ2) is 6.57. The van der Waals surface area contributed by atoms with Gasteiger partial charge in [-0.3, -0.25) is 0 Å². The molecule has 0 spiro atoms. The summed E-state index contributed by atoms with van der Waals surface area (Å²) in [6.07, 6.45) is 7.11. The molecule has 0 bridgehead atoms. The van der Waals surface area contributed by atoms with Crippen molar-refractivity contribution in [1.82, 2.24) is 15.3 Å². The van der Waals surface area contributed by atoms with Gasteiger partial charge in [-0.15, -0.1) is 0 Å². The van der Waals surface area contributed by atoms with E-state index >= 15 is 0 Å². The van der Waals surface area contributed by atoms with Gasteiger partial charge in [-0.25, -0.2) is 4.98 Å². The summed E-state index contributed by atoms with van der Waals surface area (Å²) in [5.41, 5.74) is 2.56. The van der Waals surface area contributed by atoms with E-state index in [0.29, 0.717) is 6.04 Å². The van der Waals surface area contributed by atoms with Gasteiger partial charge in [-0.2, -0.15) is 0 Å². The van der Waals surface area contributed by atoms with Crippen LogP contribution in [0.5, 0.6) is 0 Å². The highest BCUT2D eigenvalue weighted by atomic mass is 15.1. The number of nitrogens with zero attached hydrogens (tertiary/aromatic N) is 2. The summed E-state index contributed by atoms with van der Waals surface area (Å²) >= 11 is 0. The summed E-state index contributed by atoms with van der Waals surface area (Å²) in [4.78, 5) is 9.66. The number of H-pyrrole nitrogens is 1. The van der Waals surface area contributed by atoms with Crippen LogP contribution in [0, 0.1) is 0 Å². The molecule has 0 radical (unpaired) electrons. The van der Waals surface area contributed by atoms with Gasteiger partial charge in [0.15, 0.2) is 0 Å². The minimum atomic E-state index is 0.651. The minimum absolute atomic E-state index is 0.651. The maximum atomic E-state index is 4.04. The largest absolute Gasteiger partial charge is 0.371 e. The van der Waals surface area contributed by atoms with Gasteiger partial charge in [0, 0.05) is 49.7 Å². The maximum Gasteiger partial charge on any atom is 0.0921 e. The molecular weight excluding hydrogens is 248 g/mol. The number of para-hydroxylation sites is 1. The highest BCUT2D eigenvalue weighted by molar-refractivity contribution is 5.46. The molecule has 3 rings (SSSR count). The summed E-state index contributed by atoms with van der Waals surface area (Å²) in [7, 11) is 0. The first-order valence-electron chi connectivity index (χ1n) is 7.42. The number of aromatic amines is 1. The lowest BCUT2D eigenvalue weighted by atomic mass is 10.0. The molecule has 0 atom stereocenters. The summed E-state index contributed by atoms with van der Waals surface area (Å²) in [5, 5.41) is 3.66. The van der Waals surface area contributed by atoms with Crippen LogP contribution in [0.1, 0.15) is 18.5 Å². The SMILES string of the molecule is c1ccc(N2CCC(NCCc3cnc[nH]3)CC2)cc1. The van der Waals surface area contributed by atoms with E-state index in [1.54, 1.807) is 6.33 Å². The van der Waals surface area contributed by atoms with Crippen LogP contribution in [-0.2, 0) is 6.42 Å². The number of benzene rings is 1. The second-order valence-corrected chi connectivity index (χ2v) is 5.38. The highest BCUT2D eigenvalue weighted by Crippen LogP contribution is 2.19. The molecule has 2 N–H and O–H groups in total. The minimum Gasteiger partial charge on any atom is -0.371 e. The number of anilines is 1. The Kier molecular flexibility index (Phi) is 4.33. The summed E-state index contributed by atoms with van der Waals surface area (Å²) in [6.45, 7) is 3.32. The van der Waals surface area contributed by atoms with Gasteiger partial charge in [0.1, 0.15) is 0 Å². The van der Waals surface area contributed by atoms with Crippen molar-refractivity contribution in [3.8, 4) is 0 Å². The quantitative estimate of drug-likeness (QED) is 0.875. The van der Waals surface area contributed by atoms with Gasteiger partial charge in [-0.1, -0.05) is 18.2 Å². The van der Waals surface area contributed by atoms with Crippen LogP contribution in [0.4, 0.5) is 5.69 Å². The number of imidazole rings is 1. The molecule has 2 heterocycles. The third-order valence-corrected chi connectivity index (χ3v) is 4.00. The molecule has 4 heteroatoms. The van der Waals surface area contributed by atoms with E-state index in [9.17, 15) is 0 Å². The normalized spacial score (nSPS) is 16.5. The van der Waals surface area contributed by atoms with Gasteiger partial charge in [-0.05, 0) is 25.0 Å². The Hall–Kier alpha value is -1.81. The second-order valence-electron chi connectivity index (χ2n) is 5.38. The van der Waals surface area contributed by atoms with Crippen molar-refractivity contribution in [3.05, 3.63) is 48.5 Å². The lowest BCUT2D eigenvalue weighted by Crippen LogP contribution is -2.43. The van der Waals surface area contributed by atoms with E-state index in [1.165, 1.54) is 24.2 Å². The predicted molar refractivity (Wildman–Crippen MR) is 82.0 cm³/mol. The molecule has 20 heavy (non-hydrogen) atoms. The van der Waals surface area contributed by atoms with Crippen molar-refractivity contribution in [2.75, 3.05) is 24.5 Å². The van der Waals surface area contributed by atoms with Crippen LogP contribution in [-0.4, -0.2) is 35.6 Å². The molecule has 0 unspecified atom stereocenters. The fourth-order valence-electron chi connectivity index (χ4n) is 2.81. The number of nitrogens with one attached hydrogen (secondary N) is 2. The van der Waals surface area contributed by atoms with Gasteiger partial charge >= 0.3 is 0 Å². The number of hydrogen-bond acceptors (Lipinski definition) is 3. The Morgan fingerprint density at radius 1 is 1.20 bits per heavy atom. The fraction of sp³-hybridized carbons (Fsp3) is 0.438. The van der Waals surface area contributed by atoms with E-state index in [2.05, 4.69) is 50.5 Å². The number of rotatable bonds is 5. The van der Waals surface area contributed by atoms with Crippen molar-refractivity contribution in [1.29, 1.82) is 0 Å². The third kappa shape index (κ3) is 3.39. The molecule has 0 aliphatic carbocycles. The van der Waals surface area contributed by atoms with E-state index in [-0.39, 0.29) is 0 Å². The molecule has 1 aliphatic heterocycles. The van der Waals surface area contributed by atoms with Crippen LogP contribution < -0.4 is 10.2 Å². The van der Waals surface area contributed by atoms with Crippen LogP contribution in [0.25, 0.3) is 0 Å². The van der Waals surface area contributed by atoms with Crippen molar-refractivity contribution in [3.63, 3.8) is 0 Å². The number of aromatic nitrogens is 2. The number of piperidine rings is 1. The summed E-state index contributed by atoms with van der Waals surface area (Å²) in [5.74, 6) is 0. The van der Waals surface area contributed by atoms with Crippen LogP contribution in [0.2, 0.25) is 0 Å². The molecule has 1 aromatic heterocycles. The molecule has 106 valence electrons. The average Bonchev–Trinajstić information content (AvgIpc) is 3.02. The Morgan fingerprint density at radius 2 is 2.00 bits per heavy atom. The lowest BCUT2D eigenvalue weighted by molar-refractivity contribution is 0.417. The van der Waals surface area contributed by atoms with E-state index in [0.717, 1.165) is 26.1 Å². The smallest absolute Gasteiger partial charge is 0.0921 e. The summed E-state index contributed by atoms with van der Waals surface area (Å²) < 4.78 is 0. The van der Waals surface area contributed by atoms with Gasteiger partial charge in [0.25, 0.3) is 0 Å². The van der Waals surface area contributed by atoms with Crippen molar-refractivity contribution >= 4 is 5.69 Å². The monoisotopic (exact) mass is 270 g/mol. The zero-order valence-corrected chi connectivity index (χ0v) is 11.8. The van der Waals surface area contributed by atoms with Crippen molar-refractivity contribution < 1.29 is 0 Å². The lowest BCUT2D eigenvalue weighted by Gasteiger charge is -2.34. The van der Waals surface area contributed by atoms with E-state index in [4.69, 9.17) is 0 Å². The topological polar surface area (TPSA) is 44.0 Å². The maximum absolute atomic E-state index is 4.04. The zero-order chi connectivity index (χ0) is 13.6. The standard InChI is InChI=1S/C16H22N4/c1-2-4-16(5-3-1)20-10-7-14(8-11-20)18-9-6-15-12-17-13-19-15/h1-5,12-14,18H,6-11H2,(H,17,19). The van der Waals surface area contributed by atoms with Gasteiger partial charge < -0.3 is 15.2 Å².